The van der Waals surface area contributed by atoms with E-state index < -0.39 is 8.07 Å². The van der Waals surface area contributed by atoms with Crippen molar-refractivity contribution in [3.63, 3.8) is 0 Å². The van der Waals surface area contributed by atoms with Gasteiger partial charge in [0.1, 0.15) is 0 Å². The molecule has 0 saturated carbocycles. The quantitative estimate of drug-likeness (QED) is 0.639. The van der Waals surface area contributed by atoms with Crippen molar-refractivity contribution in [3.05, 3.63) is 42.0 Å². The fourth-order valence-corrected chi connectivity index (χ4v) is 3.15. The van der Waals surface area contributed by atoms with Gasteiger partial charge in [-0.2, -0.15) is 0 Å². The highest BCUT2D eigenvalue weighted by Crippen LogP contribution is 2.24. The Bertz CT molecular complexity index is 304. The Labute approximate surface area is 88.7 Å². The number of rotatable bonds is 3. The van der Waals surface area contributed by atoms with E-state index in [1.807, 2.05) is 0 Å². The molecule has 76 valence electrons. The van der Waals surface area contributed by atoms with Crippen molar-refractivity contribution in [2.45, 2.75) is 32.6 Å². The van der Waals surface area contributed by atoms with Gasteiger partial charge in [-0.25, -0.2) is 0 Å². The molecule has 1 heteroatoms. The number of hydrogen-bond acceptors (Lipinski definition) is 0. The minimum atomic E-state index is -0.992. The molecule has 0 N–H and O–H groups in total. The molecule has 0 radical (unpaired) electrons. The molecule has 1 aromatic carbocycles. The Kier molecular flexibility index (Phi) is 3.70. The van der Waals surface area contributed by atoms with E-state index in [2.05, 4.69) is 63.0 Å². The molecule has 0 amide bonds. The molecule has 0 bridgehead atoms. The van der Waals surface area contributed by atoms with Crippen LogP contribution < -0.4 is 0 Å². The van der Waals surface area contributed by atoms with Crippen LogP contribution in [-0.4, -0.2) is 8.07 Å². The topological polar surface area (TPSA) is 0 Å². The van der Waals surface area contributed by atoms with Crippen LogP contribution >= 0.6 is 0 Å². The molecule has 0 spiro atoms. The van der Waals surface area contributed by atoms with Crippen LogP contribution in [-0.2, 0) is 0 Å². The van der Waals surface area contributed by atoms with Crippen LogP contribution in [0.2, 0.25) is 25.7 Å². The Morgan fingerprint density at radius 3 is 2.14 bits per heavy atom. The second kappa shape index (κ2) is 4.60. The highest BCUT2D eigenvalue weighted by atomic mass is 28.3. The fraction of sp³-hybridized carbons (Fsp3) is 0.385. The molecule has 14 heavy (non-hydrogen) atoms. The normalized spacial score (nSPS) is 13.0. The van der Waals surface area contributed by atoms with Gasteiger partial charge in [-0.15, -0.1) is 0 Å². The van der Waals surface area contributed by atoms with Crippen LogP contribution in [0.5, 0.6) is 0 Å². The largest absolute Gasteiger partial charge is 0.0841 e. The monoisotopic (exact) mass is 204 g/mol. The molecular weight excluding hydrogens is 184 g/mol. The van der Waals surface area contributed by atoms with Gasteiger partial charge in [-0.3, -0.25) is 0 Å². The van der Waals surface area contributed by atoms with E-state index in [1.54, 1.807) is 0 Å². The molecule has 0 atom stereocenters. The number of benzene rings is 1. The third-order valence-electron chi connectivity index (χ3n) is 2.21. The lowest BCUT2D eigenvalue weighted by molar-refractivity contribution is 1.46. The molecule has 0 aliphatic heterocycles. The Hall–Kier alpha value is -0.823. The lowest BCUT2D eigenvalue weighted by Crippen LogP contribution is -2.19. The first-order valence-electron chi connectivity index (χ1n) is 5.23. The zero-order chi connectivity index (χ0) is 10.6. The first-order valence-corrected chi connectivity index (χ1v) is 8.94. The standard InChI is InChI=1S/C13H20Si/c1-5-12(11-14(2,3)4)13-9-7-6-8-10-13/h5-10H,11H2,1-4H3/b12-5+. The zero-order valence-electron chi connectivity index (χ0n) is 9.67. The smallest absolute Gasteiger partial charge is 0.0487 e. The minimum Gasteiger partial charge on any atom is -0.0841 e. The second-order valence-electron chi connectivity index (χ2n) is 4.92. The molecule has 0 aliphatic carbocycles. The summed E-state index contributed by atoms with van der Waals surface area (Å²) < 4.78 is 0. The van der Waals surface area contributed by atoms with E-state index in [0.717, 1.165) is 0 Å². The summed E-state index contributed by atoms with van der Waals surface area (Å²) in [6, 6.07) is 12.0. The average Bonchev–Trinajstić information content (AvgIpc) is 2.14. The molecule has 0 nitrogen and oxygen atoms in total. The zero-order valence-corrected chi connectivity index (χ0v) is 10.7. The van der Waals surface area contributed by atoms with Gasteiger partial charge < -0.3 is 0 Å². The highest BCUT2D eigenvalue weighted by Gasteiger charge is 2.15. The Balaban J connectivity index is 2.85. The van der Waals surface area contributed by atoms with Crippen LogP contribution in [0, 0.1) is 0 Å². The van der Waals surface area contributed by atoms with E-state index >= 15 is 0 Å². The fourth-order valence-electron chi connectivity index (χ4n) is 1.59. The van der Waals surface area contributed by atoms with Gasteiger partial charge in [0.05, 0.1) is 0 Å². The Morgan fingerprint density at radius 1 is 1.14 bits per heavy atom. The van der Waals surface area contributed by atoms with Crippen molar-refractivity contribution in [2.75, 3.05) is 0 Å². The molecule has 0 unspecified atom stereocenters. The lowest BCUT2D eigenvalue weighted by Gasteiger charge is -2.18. The maximum atomic E-state index is 2.42. The van der Waals surface area contributed by atoms with E-state index in [0.29, 0.717) is 0 Å². The summed E-state index contributed by atoms with van der Waals surface area (Å²) in [5.74, 6) is 0. The van der Waals surface area contributed by atoms with Crippen LogP contribution in [0.25, 0.3) is 5.57 Å². The summed E-state index contributed by atoms with van der Waals surface area (Å²) in [4.78, 5) is 0. The van der Waals surface area contributed by atoms with Crippen molar-refractivity contribution >= 4 is 13.6 Å². The predicted molar refractivity (Wildman–Crippen MR) is 68.2 cm³/mol. The lowest BCUT2D eigenvalue weighted by atomic mass is 10.1. The first-order chi connectivity index (χ1) is 6.53. The summed E-state index contributed by atoms with van der Waals surface area (Å²) in [6.45, 7) is 9.39. The molecule has 0 saturated heterocycles. The van der Waals surface area contributed by atoms with Crippen LogP contribution in [0.15, 0.2) is 36.4 Å². The van der Waals surface area contributed by atoms with Gasteiger partial charge >= 0.3 is 0 Å². The molecule has 0 heterocycles. The molecular formula is C13H20Si. The van der Waals surface area contributed by atoms with Gasteiger partial charge in [0, 0.05) is 8.07 Å². The SMILES string of the molecule is C/C=C(\C[Si](C)(C)C)c1ccccc1. The highest BCUT2D eigenvalue weighted by molar-refractivity contribution is 6.77. The van der Waals surface area contributed by atoms with Crippen molar-refractivity contribution < 1.29 is 0 Å². The summed E-state index contributed by atoms with van der Waals surface area (Å²) in [6.07, 6.45) is 2.26. The van der Waals surface area contributed by atoms with Crippen molar-refractivity contribution in [3.8, 4) is 0 Å². The molecule has 0 aromatic heterocycles. The van der Waals surface area contributed by atoms with Crippen molar-refractivity contribution in [2.24, 2.45) is 0 Å². The maximum Gasteiger partial charge on any atom is 0.0487 e. The maximum absolute atomic E-state index is 2.42. The Morgan fingerprint density at radius 2 is 1.71 bits per heavy atom. The van der Waals surface area contributed by atoms with Gasteiger partial charge in [-0.05, 0) is 24.1 Å². The molecule has 1 aromatic rings. The van der Waals surface area contributed by atoms with Crippen LogP contribution in [0.1, 0.15) is 12.5 Å². The molecule has 0 aliphatic rings. The number of hydrogen-bond donors (Lipinski definition) is 0. The third-order valence-corrected chi connectivity index (χ3v) is 3.66. The van der Waals surface area contributed by atoms with Gasteiger partial charge in [0.2, 0.25) is 0 Å². The third kappa shape index (κ3) is 3.50. The van der Waals surface area contributed by atoms with Gasteiger partial charge in [0.25, 0.3) is 0 Å². The van der Waals surface area contributed by atoms with E-state index in [-0.39, 0.29) is 0 Å². The van der Waals surface area contributed by atoms with Crippen molar-refractivity contribution in [1.29, 1.82) is 0 Å². The van der Waals surface area contributed by atoms with E-state index in [9.17, 15) is 0 Å². The van der Waals surface area contributed by atoms with Crippen LogP contribution in [0.3, 0.4) is 0 Å². The molecule has 1 rings (SSSR count). The van der Waals surface area contributed by atoms with Crippen molar-refractivity contribution in [1.82, 2.24) is 0 Å². The summed E-state index contributed by atoms with van der Waals surface area (Å²) in [7, 11) is -0.992. The second-order valence-corrected chi connectivity index (χ2v) is 10.4. The van der Waals surface area contributed by atoms with Crippen LogP contribution in [0.4, 0.5) is 0 Å². The van der Waals surface area contributed by atoms with E-state index in [4.69, 9.17) is 0 Å². The van der Waals surface area contributed by atoms with Gasteiger partial charge in [-0.1, -0.05) is 56.0 Å². The average molecular weight is 204 g/mol. The summed E-state index contributed by atoms with van der Waals surface area (Å²) in [5, 5.41) is 0. The minimum absolute atomic E-state index is 0.992. The predicted octanol–water partition coefficient (Wildman–Crippen LogP) is 4.43. The summed E-state index contributed by atoms with van der Waals surface area (Å²) >= 11 is 0. The van der Waals surface area contributed by atoms with E-state index in [1.165, 1.54) is 17.2 Å². The van der Waals surface area contributed by atoms with Gasteiger partial charge in [0.15, 0.2) is 0 Å². The first kappa shape index (κ1) is 11.3. The summed E-state index contributed by atoms with van der Waals surface area (Å²) in [5.41, 5.74) is 2.89. The number of allylic oxidation sites excluding steroid dienone is 2. The molecule has 0 fully saturated rings.